The number of hydrogen-bond acceptors (Lipinski definition) is 5. The minimum absolute atomic E-state index is 0.889. The highest BCUT2D eigenvalue weighted by molar-refractivity contribution is 5.72. The van der Waals surface area contributed by atoms with Crippen molar-refractivity contribution in [2.75, 3.05) is 44.7 Å². The SMILES string of the molecule is COc1ccccc1N1CCN(CCCCc2ccc3ncoc3c2)CC1. The van der Waals surface area contributed by atoms with Crippen molar-refractivity contribution in [2.24, 2.45) is 0 Å². The van der Waals surface area contributed by atoms with Gasteiger partial charge >= 0.3 is 0 Å². The van der Waals surface area contributed by atoms with Gasteiger partial charge in [-0.3, -0.25) is 4.90 Å². The van der Waals surface area contributed by atoms with Gasteiger partial charge in [-0.2, -0.15) is 0 Å². The molecule has 0 saturated carbocycles. The monoisotopic (exact) mass is 365 g/mol. The fraction of sp³-hybridized carbons (Fsp3) is 0.409. The van der Waals surface area contributed by atoms with Crippen molar-refractivity contribution in [3.05, 3.63) is 54.4 Å². The van der Waals surface area contributed by atoms with Crippen LogP contribution in [0.25, 0.3) is 11.1 Å². The number of oxazole rings is 1. The Hall–Kier alpha value is -2.53. The van der Waals surface area contributed by atoms with Gasteiger partial charge < -0.3 is 14.1 Å². The lowest BCUT2D eigenvalue weighted by molar-refractivity contribution is 0.252. The number of benzene rings is 2. The lowest BCUT2D eigenvalue weighted by Crippen LogP contribution is -2.46. The molecule has 1 aromatic heterocycles. The Morgan fingerprint density at radius 2 is 1.89 bits per heavy atom. The first-order chi connectivity index (χ1) is 13.3. The molecular formula is C22H27N3O2. The number of anilines is 1. The molecule has 0 amide bonds. The van der Waals surface area contributed by atoms with E-state index in [1.165, 1.54) is 37.0 Å². The van der Waals surface area contributed by atoms with Crippen LogP contribution >= 0.6 is 0 Å². The summed E-state index contributed by atoms with van der Waals surface area (Å²) in [5, 5.41) is 0. The highest BCUT2D eigenvalue weighted by atomic mass is 16.5. The lowest BCUT2D eigenvalue weighted by atomic mass is 10.1. The standard InChI is InChI=1S/C22H27N3O2/c1-26-21-8-3-2-7-20(21)25-14-12-24(13-15-25)11-5-4-6-18-9-10-19-22(16-18)27-17-23-19/h2-3,7-10,16-17H,4-6,11-15H2,1H3. The van der Waals surface area contributed by atoms with E-state index in [1.54, 1.807) is 7.11 Å². The van der Waals surface area contributed by atoms with E-state index in [4.69, 9.17) is 9.15 Å². The van der Waals surface area contributed by atoms with Gasteiger partial charge in [0.2, 0.25) is 0 Å². The molecule has 1 aliphatic heterocycles. The number of rotatable bonds is 7. The van der Waals surface area contributed by atoms with E-state index in [9.17, 15) is 0 Å². The Balaban J connectivity index is 1.20. The molecule has 4 rings (SSSR count). The number of hydrogen-bond donors (Lipinski definition) is 0. The summed E-state index contributed by atoms with van der Waals surface area (Å²) >= 11 is 0. The van der Waals surface area contributed by atoms with Gasteiger partial charge in [0.05, 0.1) is 12.8 Å². The largest absolute Gasteiger partial charge is 0.495 e. The van der Waals surface area contributed by atoms with Gasteiger partial charge in [0.1, 0.15) is 11.3 Å². The number of nitrogens with zero attached hydrogens (tertiary/aromatic N) is 3. The summed E-state index contributed by atoms with van der Waals surface area (Å²) < 4.78 is 10.9. The third-order valence-corrected chi connectivity index (χ3v) is 5.38. The maximum atomic E-state index is 5.50. The summed E-state index contributed by atoms with van der Waals surface area (Å²) in [7, 11) is 1.75. The Morgan fingerprint density at radius 3 is 2.74 bits per heavy atom. The van der Waals surface area contributed by atoms with Crippen LogP contribution in [0.5, 0.6) is 5.75 Å². The van der Waals surface area contributed by atoms with Gasteiger partial charge in [0, 0.05) is 26.2 Å². The Bertz CT molecular complexity index is 869. The predicted octanol–water partition coefficient (Wildman–Crippen LogP) is 3.98. The Labute approximate surface area is 160 Å². The number of ether oxygens (including phenoxy) is 1. The molecule has 27 heavy (non-hydrogen) atoms. The lowest BCUT2D eigenvalue weighted by Gasteiger charge is -2.36. The third kappa shape index (κ3) is 4.25. The molecule has 0 aliphatic carbocycles. The van der Waals surface area contributed by atoms with Crippen LogP contribution in [0.2, 0.25) is 0 Å². The summed E-state index contributed by atoms with van der Waals surface area (Å²) in [5.74, 6) is 0.967. The van der Waals surface area contributed by atoms with E-state index in [2.05, 4.69) is 39.0 Å². The summed E-state index contributed by atoms with van der Waals surface area (Å²) in [6, 6.07) is 14.6. The van der Waals surface area contributed by atoms with E-state index in [1.807, 2.05) is 18.2 Å². The smallest absolute Gasteiger partial charge is 0.181 e. The van der Waals surface area contributed by atoms with Crippen LogP contribution in [0.1, 0.15) is 18.4 Å². The average Bonchev–Trinajstić information content (AvgIpc) is 3.19. The molecule has 5 heteroatoms. The van der Waals surface area contributed by atoms with Crippen molar-refractivity contribution in [1.82, 2.24) is 9.88 Å². The number of para-hydroxylation sites is 2. The first-order valence-electron chi connectivity index (χ1n) is 9.76. The normalized spacial score (nSPS) is 15.4. The molecule has 2 aromatic carbocycles. The summed E-state index contributed by atoms with van der Waals surface area (Å²) in [4.78, 5) is 9.18. The van der Waals surface area contributed by atoms with Crippen LogP contribution in [0.3, 0.4) is 0 Å². The molecule has 0 unspecified atom stereocenters. The zero-order valence-electron chi connectivity index (χ0n) is 15.9. The molecule has 0 N–H and O–H groups in total. The molecule has 0 atom stereocenters. The number of piperazine rings is 1. The van der Waals surface area contributed by atoms with Gasteiger partial charge in [0.15, 0.2) is 12.0 Å². The summed E-state index contributed by atoms with van der Waals surface area (Å²) in [6.45, 7) is 5.51. The van der Waals surface area contributed by atoms with Gasteiger partial charge in [-0.1, -0.05) is 18.2 Å². The van der Waals surface area contributed by atoms with E-state index >= 15 is 0 Å². The zero-order chi connectivity index (χ0) is 18.5. The second kappa shape index (κ2) is 8.44. The topological polar surface area (TPSA) is 41.7 Å². The third-order valence-electron chi connectivity index (χ3n) is 5.38. The van der Waals surface area contributed by atoms with Gasteiger partial charge in [0.25, 0.3) is 0 Å². The molecule has 1 fully saturated rings. The quantitative estimate of drug-likeness (QED) is 0.593. The molecular weight excluding hydrogens is 338 g/mol. The van der Waals surface area contributed by atoms with Crippen LogP contribution in [0.15, 0.2) is 53.3 Å². The van der Waals surface area contributed by atoms with Crippen molar-refractivity contribution >= 4 is 16.8 Å². The van der Waals surface area contributed by atoms with Crippen LogP contribution in [0, 0.1) is 0 Å². The maximum Gasteiger partial charge on any atom is 0.181 e. The Morgan fingerprint density at radius 1 is 1.04 bits per heavy atom. The van der Waals surface area contributed by atoms with E-state index in [0.717, 1.165) is 49.4 Å². The van der Waals surface area contributed by atoms with Crippen LogP contribution in [-0.2, 0) is 6.42 Å². The van der Waals surface area contributed by atoms with Gasteiger partial charge in [-0.15, -0.1) is 0 Å². The highest BCUT2D eigenvalue weighted by Gasteiger charge is 2.19. The molecule has 0 bridgehead atoms. The second-order valence-corrected chi connectivity index (χ2v) is 7.11. The summed E-state index contributed by atoms with van der Waals surface area (Å²) in [6.07, 6.45) is 5.03. The molecule has 0 radical (unpaired) electrons. The van der Waals surface area contributed by atoms with E-state index in [-0.39, 0.29) is 0 Å². The van der Waals surface area contributed by atoms with Crippen LogP contribution in [-0.4, -0.2) is 49.7 Å². The fourth-order valence-corrected chi connectivity index (χ4v) is 3.82. The molecule has 5 nitrogen and oxygen atoms in total. The minimum Gasteiger partial charge on any atom is -0.495 e. The number of fused-ring (bicyclic) bond motifs is 1. The number of unbranched alkanes of at least 4 members (excludes halogenated alkanes) is 1. The number of aromatic nitrogens is 1. The molecule has 3 aromatic rings. The van der Waals surface area contributed by atoms with E-state index < -0.39 is 0 Å². The first-order valence-corrected chi connectivity index (χ1v) is 9.76. The van der Waals surface area contributed by atoms with E-state index in [0.29, 0.717) is 0 Å². The Kier molecular flexibility index (Phi) is 5.58. The summed E-state index contributed by atoms with van der Waals surface area (Å²) in [5.41, 5.74) is 4.37. The molecule has 1 saturated heterocycles. The molecule has 2 heterocycles. The zero-order valence-corrected chi connectivity index (χ0v) is 15.9. The fourth-order valence-electron chi connectivity index (χ4n) is 3.82. The van der Waals surface area contributed by atoms with Crippen molar-refractivity contribution in [3.8, 4) is 5.75 Å². The number of aryl methyl sites for hydroxylation is 1. The highest BCUT2D eigenvalue weighted by Crippen LogP contribution is 2.28. The van der Waals surface area contributed by atoms with Gasteiger partial charge in [-0.25, -0.2) is 4.98 Å². The van der Waals surface area contributed by atoms with Gasteiger partial charge in [-0.05, 0) is 55.6 Å². The van der Waals surface area contributed by atoms with Crippen molar-refractivity contribution < 1.29 is 9.15 Å². The van der Waals surface area contributed by atoms with Crippen molar-refractivity contribution in [3.63, 3.8) is 0 Å². The minimum atomic E-state index is 0.889. The van der Waals surface area contributed by atoms with Crippen molar-refractivity contribution in [2.45, 2.75) is 19.3 Å². The molecule has 142 valence electrons. The van der Waals surface area contributed by atoms with Crippen LogP contribution < -0.4 is 9.64 Å². The molecule has 0 spiro atoms. The maximum absolute atomic E-state index is 5.50. The number of methoxy groups -OCH3 is 1. The van der Waals surface area contributed by atoms with Crippen molar-refractivity contribution in [1.29, 1.82) is 0 Å². The molecule has 1 aliphatic rings. The average molecular weight is 365 g/mol. The first kappa shape index (κ1) is 17.9. The predicted molar refractivity (Wildman–Crippen MR) is 109 cm³/mol. The second-order valence-electron chi connectivity index (χ2n) is 7.11. The van der Waals surface area contributed by atoms with Crippen LogP contribution in [0.4, 0.5) is 5.69 Å².